The van der Waals surface area contributed by atoms with Crippen molar-refractivity contribution >= 4 is 27.6 Å². The molecule has 3 rings (SSSR count). The van der Waals surface area contributed by atoms with Gasteiger partial charge in [-0.25, -0.2) is 0 Å². The molecule has 0 N–H and O–H groups in total. The van der Waals surface area contributed by atoms with Crippen LogP contribution in [0.5, 0.6) is 0 Å². The highest BCUT2D eigenvalue weighted by atomic mass is 79.9. The first-order chi connectivity index (χ1) is 12.4. The molecule has 26 heavy (non-hydrogen) atoms. The zero-order chi connectivity index (χ0) is 18.7. The zero-order valence-electron chi connectivity index (χ0n) is 13.3. The third-order valence-electron chi connectivity index (χ3n) is 3.82. The summed E-state index contributed by atoms with van der Waals surface area (Å²) in [6.45, 7) is 0. The molecule has 0 spiro atoms. The minimum Gasteiger partial charge on any atom is -0.317 e. The molecule has 3 aromatic rings. The number of benzene rings is 2. The summed E-state index contributed by atoms with van der Waals surface area (Å²) in [5, 5.41) is 9.45. The molecule has 0 saturated heterocycles. The molecule has 2 nitrogen and oxygen atoms in total. The maximum Gasteiger partial charge on any atom is 0.416 e. The lowest BCUT2D eigenvalue weighted by Crippen LogP contribution is -2.04. The molecule has 6 heteroatoms. The second-order valence-corrected chi connectivity index (χ2v) is 6.44. The second-order valence-electron chi connectivity index (χ2n) is 5.52. The molecule has 0 fully saturated rings. The maximum absolute atomic E-state index is 12.7. The summed E-state index contributed by atoms with van der Waals surface area (Å²) in [4.78, 5) is 0. The van der Waals surface area contributed by atoms with Crippen LogP contribution in [0, 0.1) is 11.3 Å². The van der Waals surface area contributed by atoms with Gasteiger partial charge >= 0.3 is 6.18 Å². The number of rotatable bonds is 3. The normalized spacial score (nSPS) is 12.0. The molecule has 0 unspecified atom stereocenters. The van der Waals surface area contributed by atoms with E-state index in [9.17, 15) is 18.4 Å². The lowest BCUT2D eigenvalue weighted by molar-refractivity contribution is -0.137. The van der Waals surface area contributed by atoms with E-state index < -0.39 is 11.7 Å². The van der Waals surface area contributed by atoms with Gasteiger partial charge in [0.25, 0.3) is 0 Å². The topological polar surface area (TPSA) is 28.7 Å². The van der Waals surface area contributed by atoms with Gasteiger partial charge in [-0.15, -0.1) is 0 Å². The first kappa shape index (κ1) is 18.0. The summed E-state index contributed by atoms with van der Waals surface area (Å²) in [6.07, 6.45) is -0.882. The van der Waals surface area contributed by atoms with Gasteiger partial charge in [0.2, 0.25) is 0 Å². The number of nitriles is 1. The van der Waals surface area contributed by atoms with Gasteiger partial charge < -0.3 is 4.57 Å². The van der Waals surface area contributed by atoms with Crippen LogP contribution in [0.3, 0.4) is 0 Å². The molecular weight excluding hydrogens is 405 g/mol. The van der Waals surface area contributed by atoms with Gasteiger partial charge in [0.05, 0.1) is 17.2 Å². The minimum absolute atomic E-state index is 0.288. The lowest BCUT2D eigenvalue weighted by Gasteiger charge is -2.09. The Bertz CT molecular complexity index is 976. The molecular formula is C20H12BrF3N2. The Labute approximate surface area is 156 Å². The van der Waals surface area contributed by atoms with E-state index in [1.54, 1.807) is 6.08 Å². The highest BCUT2D eigenvalue weighted by molar-refractivity contribution is 9.10. The standard InChI is InChI=1S/C20H12BrF3N2/c21-17-7-9-18(10-8-17)26-11-1-2-19(26)12-15(13-25)14-3-5-16(6-4-14)20(22,23)24/h1-12H/b15-12-. The summed E-state index contributed by atoms with van der Waals surface area (Å²) < 4.78 is 40.9. The monoisotopic (exact) mass is 416 g/mol. The van der Waals surface area contributed by atoms with Crippen molar-refractivity contribution in [3.8, 4) is 11.8 Å². The molecule has 0 aliphatic carbocycles. The quantitative estimate of drug-likeness (QED) is 0.459. The van der Waals surface area contributed by atoms with Crippen LogP contribution < -0.4 is 0 Å². The second kappa shape index (κ2) is 7.22. The van der Waals surface area contributed by atoms with Crippen molar-refractivity contribution in [3.05, 3.63) is 88.2 Å². The highest BCUT2D eigenvalue weighted by Gasteiger charge is 2.30. The Morgan fingerprint density at radius 1 is 1.00 bits per heavy atom. The van der Waals surface area contributed by atoms with E-state index >= 15 is 0 Å². The van der Waals surface area contributed by atoms with Gasteiger partial charge in [-0.05, 0) is 60.2 Å². The Balaban J connectivity index is 1.97. The van der Waals surface area contributed by atoms with Gasteiger partial charge in [0, 0.05) is 22.1 Å². The summed E-state index contributed by atoms with van der Waals surface area (Å²) in [7, 11) is 0. The molecule has 0 bridgehead atoms. The molecule has 0 aliphatic heterocycles. The SMILES string of the molecule is N#C/C(=C/c1cccn1-c1ccc(Br)cc1)c1ccc(C(F)(F)F)cc1. The van der Waals surface area contributed by atoms with Crippen molar-refractivity contribution in [1.82, 2.24) is 4.57 Å². The van der Waals surface area contributed by atoms with Gasteiger partial charge in [-0.3, -0.25) is 0 Å². The van der Waals surface area contributed by atoms with Crippen LogP contribution in [-0.4, -0.2) is 4.57 Å². The summed E-state index contributed by atoms with van der Waals surface area (Å²) in [5.41, 5.74) is 1.65. The number of nitrogens with zero attached hydrogens (tertiary/aromatic N) is 2. The van der Waals surface area contributed by atoms with Crippen molar-refractivity contribution in [2.24, 2.45) is 0 Å². The Morgan fingerprint density at radius 2 is 1.65 bits per heavy atom. The largest absolute Gasteiger partial charge is 0.416 e. The molecule has 0 atom stereocenters. The number of halogens is 4. The average molecular weight is 417 g/mol. The van der Waals surface area contributed by atoms with Crippen molar-refractivity contribution in [2.75, 3.05) is 0 Å². The number of hydrogen-bond acceptors (Lipinski definition) is 1. The van der Waals surface area contributed by atoms with Crippen LogP contribution >= 0.6 is 15.9 Å². The van der Waals surface area contributed by atoms with Crippen LogP contribution in [0.15, 0.2) is 71.3 Å². The Kier molecular flexibility index (Phi) is 5.01. The fraction of sp³-hybridized carbons (Fsp3) is 0.0500. The van der Waals surface area contributed by atoms with Crippen LogP contribution in [0.2, 0.25) is 0 Å². The summed E-state index contributed by atoms with van der Waals surface area (Å²) >= 11 is 3.38. The van der Waals surface area contributed by atoms with Gasteiger partial charge in [-0.2, -0.15) is 18.4 Å². The molecule has 0 saturated carbocycles. The highest BCUT2D eigenvalue weighted by Crippen LogP contribution is 2.30. The average Bonchev–Trinajstić information content (AvgIpc) is 3.08. The van der Waals surface area contributed by atoms with E-state index in [1.807, 2.05) is 47.2 Å². The van der Waals surface area contributed by atoms with Crippen molar-refractivity contribution < 1.29 is 13.2 Å². The van der Waals surface area contributed by atoms with Crippen LogP contribution in [-0.2, 0) is 6.18 Å². The van der Waals surface area contributed by atoms with Crippen LogP contribution in [0.25, 0.3) is 17.3 Å². The molecule has 130 valence electrons. The Morgan fingerprint density at radius 3 is 2.23 bits per heavy atom. The van der Waals surface area contributed by atoms with Gasteiger partial charge in [0.15, 0.2) is 0 Å². The molecule has 1 aromatic heterocycles. The zero-order valence-corrected chi connectivity index (χ0v) is 14.9. The van der Waals surface area contributed by atoms with E-state index in [0.29, 0.717) is 5.56 Å². The number of alkyl halides is 3. The van der Waals surface area contributed by atoms with E-state index in [0.717, 1.165) is 28.0 Å². The third kappa shape index (κ3) is 3.89. The number of hydrogen-bond donors (Lipinski definition) is 0. The van der Waals surface area contributed by atoms with E-state index in [2.05, 4.69) is 22.0 Å². The minimum atomic E-state index is -4.40. The molecule has 0 radical (unpaired) electrons. The summed E-state index contributed by atoms with van der Waals surface area (Å²) in [6, 6.07) is 18.0. The predicted octanol–water partition coefficient (Wildman–Crippen LogP) is 6.32. The number of allylic oxidation sites excluding steroid dienone is 1. The number of aromatic nitrogens is 1. The lowest BCUT2D eigenvalue weighted by atomic mass is 10.0. The van der Waals surface area contributed by atoms with Crippen LogP contribution in [0.4, 0.5) is 13.2 Å². The van der Waals surface area contributed by atoms with Gasteiger partial charge in [-0.1, -0.05) is 28.1 Å². The van der Waals surface area contributed by atoms with E-state index in [1.165, 1.54) is 12.1 Å². The van der Waals surface area contributed by atoms with Crippen molar-refractivity contribution in [1.29, 1.82) is 5.26 Å². The first-order valence-electron chi connectivity index (χ1n) is 7.61. The molecule has 1 heterocycles. The molecule has 0 aliphatic rings. The fourth-order valence-electron chi connectivity index (χ4n) is 2.52. The molecule has 0 amide bonds. The predicted molar refractivity (Wildman–Crippen MR) is 98.4 cm³/mol. The van der Waals surface area contributed by atoms with E-state index in [-0.39, 0.29) is 5.57 Å². The van der Waals surface area contributed by atoms with Crippen molar-refractivity contribution in [3.63, 3.8) is 0 Å². The van der Waals surface area contributed by atoms with Crippen molar-refractivity contribution in [2.45, 2.75) is 6.18 Å². The van der Waals surface area contributed by atoms with Gasteiger partial charge in [0.1, 0.15) is 0 Å². The third-order valence-corrected chi connectivity index (χ3v) is 4.35. The fourth-order valence-corrected chi connectivity index (χ4v) is 2.78. The Hall–Kier alpha value is -2.78. The maximum atomic E-state index is 12.7. The first-order valence-corrected chi connectivity index (χ1v) is 8.40. The smallest absolute Gasteiger partial charge is 0.317 e. The van der Waals surface area contributed by atoms with Crippen LogP contribution in [0.1, 0.15) is 16.8 Å². The summed E-state index contributed by atoms with van der Waals surface area (Å²) in [5.74, 6) is 0. The molecule has 2 aromatic carbocycles. The van der Waals surface area contributed by atoms with E-state index in [4.69, 9.17) is 0 Å².